The fraction of sp³-hybridized carbons (Fsp3) is 0.360. The van der Waals surface area contributed by atoms with E-state index in [1.807, 2.05) is 6.07 Å². The highest BCUT2D eigenvalue weighted by Crippen LogP contribution is 2.25. The van der Waals surface area contributed by atoms with Crippen molar-refractivity contribution < 1.29 is 4.74 Å². The molecule has 0 fully saturated rings. The second kappa shape index (κ2) is 9.11. The molecule has 1 aromatic heterocycles. The van der Waals surface area contributed by atoms with E-state index in [1.165, 1.54) is 47.8 Å². The molecule has 1 N–H and O–H groups in total. The third kappa shape index (κ3) is 4.48. The maximum Gasteiger partial charge on any atom is 0.119 e. The van der Waals surface area contributed by atoms with Crippen molar-refractivity contribution in [2.75, 3.05) is 26.7 Å². The van der Waals surface area contributed by atoms with E-state index >= 15 is 0 Å². The topological polar surface area (TPSA) is 28.3 Å². The number of ether oxygens (including phenoxy) is 1. The van der Waals surface area contributed by atoms with E-state index in [0.717, 1.165) is 25.3 Å². The molecule has 0 spiro atoms. The van der Waals surface area contributed by atoms with Crippen molar-refractivity contribution >= 4 is 10.9 Å². The summed E-state index contributed by atoms with van der Waals surface area (Å²) in [7, 11) is 1.73. The number of nitrogens with one attached hydrogen (secondary N) is 1. The van der Waals surface area contributed by atoms with Gasteiger partial charge in [-0.3, -0.25) is 4.90 Å². The van der Waals surface area contributed by atoms with Crippen LogP contribution in [-0.4, -0.2) is 36.6 Å². The zero-order valence-electron chi connectivity index (χ0n) is 16.7. The maximum atomic E-state index is 5.38. The van der Waals surface area contributed by atoms with Crippen molar-refractivity contribution in [1.82, 2.24) is 9.88 Å². The Bertz CT molecular complexity index is 927. The number of aromatic nitrogens is 1. The molecule has 1 aliphatic rings. The van der Waals surface area contributed by atoms with Gasteiger partial charge in [0, 0.05) is 36.1 Å². The fourth-order valence-electron chi connectivity index (χ4n) is 4.23. The first-order chi connectivity index (χ1) is 13.8. The molecule has 3 heteroatoms. The van der Waals surface area contributed by atoms with Crippen molar-refractivity contribution in [3.8, 4) is 5.75 Å². The van der Waals surface area contributed by atoms with Gasteiger partial charge in [0.05, 0.1) is 7.11 Å². The molecule has 3 nitrogen and oxygen atoms in total. The molecule has 0 aliphatic carbocycles. The van der Waals surface area contributed by atoms with Gasteiger partial charge in [-0.25, -0.2) is 0 Å². The van der Waals surface area contributed by atoms with Crippen LogP contribution in [0.1, 0.15) is 36.3 Å². The predicted octanol–water partition coefficient (Wildman–Crippen LogP) is 5.54. The summed E-state index contributed by atoms with van der Waals surface area (Å²) in [5, 5.41) is 1.38. The number of H-pyrrole nitrogens is 1. The van der Waals surface area contributed by atoms with Crippen LogP contribution in [0.5, 0.6) is 5.75 Å². The van der Waals surface area contributed by atoms with Crippen molar-refractivity contribution in [2.24, 2.45) is 0 Å². The van der Waals surface area contributed by atoms with Crippen LogP contribution in [0, 0.1) is 0 Å². The zero-order chi connectivity index (χ0) is 19.2. The Balaban J connectivity index is 1.22. The van der Waals surface area contributed by atoms with Gasteiger partial charge in [-0.1, -0.05) is 48.9 Å². The Morgan fingerprint density at radius 3 is 2.93 bits per heavy atom. The number of nitrogens with zero attached hydrogens (tertiary/aromatic N) is 1. The molecule has 2 aromatic carbocycles. The minimum atomic E-state index is 0.468. The largest absolute Gasteiger partial charge is 0.497 e. The molecule has 28 heavy (non-hydrogen) atoms. The predicted molar refractivity (Wildman–Crippen MR) is 117 cm³/mol. The lowest BCUT2D eigenvalue weighted by Crippen LogP contribution is -2.32. The van der Waals surface area contributed by atoms with Gasteiger partial charge in [-0.05, 0) is 55.1 Å². The zero-order valence-corrected chi connectivity index (χ0v) is 16.7. The summed E-state index contributed by atoms with van der Waals surface area (Å²) in [6, 6.07) is 17.1. The van der Waals surface area contributed by atoms with Gasteiger partial charge in [0.1, 0.15) is 5.75 Å². The van der Waals surface area contributed by atoms with Gasteiger partial charge in [-0.15, -0.1) is 0 Å². The minimum absolute atomic E-state index is 0.468. The highest BCUT2D eigenvalue weighted by molar-refractivity contribution is 5.82. The summed E-state index contributed by atoms with van der Waals surface area (Å²) in [5.74, 6) is 1.41. The molecule has 1 unspecified atom stereocenters. The number of rotatable bonds is 8. The SMILES string of the molecule is COc1cccc(C2C=CCN(CCCCCc3c[nH]c4ccccc34)C2)c1. The number of methoxy groups -OCH3 is 1. The summed E-state index contributed by atoms with van der Waals surface area (Å²) in [4.78, 5) is 5.96. The molecule has 0 bridgehead atoms. The van der Waals surface area contributed by atoms with Crippen LogP contribution in [0.25, 0.3) is 10.9 Å². The summed E-state index contributed by atoms with van der Waals surface area (Å²) >= 11 is 0. The molecule has 1 aliphatic heterocycles. The first-order valence-corrected chi connectivity index (χ1v) is 10.4. The summed E-state index contributed by atoms with van der Waals surface area (Å²) < 4.78 is 5.38. The van der Waals surface area contributed by atoms with Crippen molar-refractivity contribution in [2.45, 2.75) is 31.6 Å². The van der Waals surface area contributed by atoms with Crippen LogP contribution >= 0.6 is 0 Å². The second-order valence-corrected chi connectivity index (χ2v) is 7.74. The standard InChI is InChI=1S/C25H30N2O/c1-28-23-12-7-10-20(17-23)22-11-8-16-27(19-22)15-6-2-3-9-21-18-26-25-14-5-4-13-24(21)25/h4-5,7-8,10-14,17-18,22,26H,2-3,6,9,15-16,19H2,1H3. The van der Waals surface area contributed by atoms with Crippen molar-refractivity contribution in [1.29, 1.82) is 0 Å². The van der Waals surface area contributed by atoms with Crippen LogP contribution in [0.3, 0.4) is 0 Å². The van der Waals surface area contributed by atoms with Crippen molar-refractivity contribution in [3.05, 3.63) is 78.0 Å². The van der Waals surface area contributed by atoms with Crippen LogP contribution in [0.2, 0.25) is 0 Å². The molecule has 2 heterocycles. The lowest BCUT2D eigenvalue weighted by Gasteiger charge is -2.29. The van der Waals surface area contributed by atoms with E-state index in [9.17, 15) is 0 Å². The number of aryl methyl sites for hydroxylation is 1. The molecular weight excluding hydrogens is 344 g/mol. The third-order valence-corrected chi connectivity index (χ3v) is 5.80. The van der Waals surface area contributed by atoms with Gasteiger partial charge in [0.2, 0.25) is 0 Å². The van der Waals surface area contributed by atoms with Gasteiger partial charge in [0.15, 0.2) is 0 Å². The number of hydrogen-bond acceptors (Lipinski definition) is 2. The van der Waals surface area contributed by atoms with Crippen LogP contribution in [-0.2, 0) is 6.42 Å². The number of aromatic amines is 1. The quantitative estimate of drug-likeness (QED) is 0.414. The number of fused-ring (bicyclic) bond motifs is 1. The van der Waals surface area contributed by atoms with Gasteiger partial charge in [-0.2, -0.15) is 0 Å². The van der Waals surface area contributed by atoms with Crippen LogP contribution in [0.4, 0.5) is 0 Å². The highest BCUT2D eigenvalue weighted by atomic mass is 16.5. The van der Waals surface area contributed by atoms with Gasteiger partial charge >= 0.3 is 0 Å². The summed E-state index contributed by atoms with van der Waals surface area (Å²) in [6.45, 7) is 3.35. The number of para-hydroxylation sites is 1. The third-order valence-electron chi connectivity index (χ3n) is 5.80. The molecule has 0 amide bonds. The average Bonchev–Trinajstić information content (AvgIpc) is 3.17. The lowest BCUT2D eigenvalue weighted by atomic mass is 9.95. The molecule has 4 rings (SSSR count). The Morgan fingerprint density at radius 2 is 2.00 bits per heavy atom. The number of hydrogen-bond donors (Lipinski definition) is 1. The van der Waals surface area contributed by atoms with Gasteiger partial charge < -0.3 is 9.72 Å². The Kier molecular flexibility index (Phi) is 6.13. The molecule has 1 atom stereocenters. The Hall–Kier alpha value is -2.52. The van der Waals surface area contributed by atoms with Gasteiger partial charge in [0.25, 0.3) is 0 Å². The van der Waals surface area contributed by atoms with Crippen LogP contribution in [0.15, 0.2) is 66.9 Å². The minimum Gasteiger partial charge on any atom is -0.497 e. The molecule has 0 saturated heterocycles. The maximum absolute atomic E-state index is 5.38. The number of unbranched alkanes of at least 4 members (excludes halogenated alkanes) is 2. The lowest BCUT2D eigenvalue weighted by molar-refractivity contribution is 0.277. The monoisotopic (exact) mass is 374 g/mol. The van der Waals surface area contributed by atoms with E-state index in [2.05, 4.69) is 70.7 Å². The first-order valence-electron chi connectivity index (χ1n) is 10.4. The molecular formula is C25H30N2O. The van der Waals surface area contributed by atoms with Crippen molar-refractivity contribution in [3.63, 3.8) is 0 Å². The normalized spacial score (nSPS) is 17.2. The summed E-state index contributed by atoms with van der Waals surface area (Å²) in [6.07, 6.45) is 11.8. The Morgan fingerprint density at radius 1 is 1.07 bits per heavy atom. The van der Waals surface area contributed by atoms with E-state index in [4.69, 9.17) is 4.74 Å². The highest BCUT2D eigenvalue weighted by Gasteiger charge is 2.17. The number of benzene rings is 2. The Labute approximate surface area is 168 Å². The van der Waals surface area contributed by atoms with E-state index in [-0.39, 0.29) is 0 Å². The average molecular weight is 375 g/mol. The van der Waals surface area contributed by atoms with E-state index in [0.29, 0.717) is 5.92 Å². The van der Waals surface area contributed by atoms with E-state index in [1.54, 1.807) is 7.11 Å². The smallest absolute Gasteiger partial charge is 0.119 e. The molecule has 146 valence electrons. The summed E-state index contributed by atoms with van der Waals surface area (Å²) in [5.41, 5.74) is 4.05. The van der Waals surface area contributed by atoms with E-state index < -0.39 is 0 Å². The molecule has 3 aromatic rings. The first kappa shape index (κ1) is 18.8. The second-order valence-electron chi connectivity index (χ2n) is 7.74. The molecule has 0 radical (unpaired) electrons. The fourth-order valence-corrected chi connectivity index (χ4v) is 4.23. The molecule has 0 saturated carbocycles. The van der Waals surface area contributed by atoms with Crippen LogP contribution < -0.4 is 4.74 Å².